The van der Waals surface area contributed by atoms with Gasteiger partial charge in [-0.15, -0.1) is 12.4 Å². The molecule has 1 unspecified atom stereocenters. The molecule has 4 fully saturated rings. The van der Waals surface area contributed by atoms with E-state index >= 15 is 0 Å². The van der Waals surface area contributed by atoms with Gasteiger partial charge in [-0.05, 0) is 68.6 Å². The number of hydrogen-bond donors (Lipinski definition) is 1. The van der Waals surface area contributed by atoms with Crippen LogP contribution < -0.4 is 5.73 Å². The first-order chi connectivity index (χ1) is 6.24. The molecule has 0 heterocycles. The maximum Gasteiger partial charge on any atom is 0.00440 e. The molecule has 4 bridgehead atoms. The molecule has 0 saturated heterocycles. The van der Waals surface area contributed by atoms with Crippen LogP contribution in [0.25, 0.3) is 0 Å². The van der Waals surface area contributed by atoms with Gasteiger partial charge < -0.3 is 5.73 Å². The van der Waals surface area contributed by atoms with Gasteiger partial charge in [-0.25, -0.2) is 0 Å². The summed E-state index contributed by atoms with van der Waals surface area (Å²) in [4.78, 5) is 0. The Bertz CT molecular complexity index is 186. The fraction of sp³-hybridized carbons (Fsp3) is 1.00. The normalized spacial score (nSPS) is 51.4. The Morgan fingerprint density at radius 1 is 0.929 bits per heavy atom. The Morgan fingerprint density at radius 3 is 1.71 bits per heavy atom. The van der Waals surface area contributed by atoms with Crippen molar-refractivity contribution in [1.82, 2.24) is 0 Å². The highest BCUT2D eigenvalue weighted by atomic mass is 35.5. The van der Waals surface area contributed by atoms with Crippen molar-refractivity contribution in [3.63, 3.8) is 0 Å². The third-order valence-electron chi connectivity index (χ3n) is 4.91. The quantitative estimate of drug-likeness (QED) is 0.716. The molecule has 82 valence electrons. The zero-order valence-electron chi connectivity index (χ0n) is 8.99. The van der Waals surface area contributed by atoms with Crippen LogP contribution in [0.5, 0.6) is 0 Å². The highest BCUT2D eigenvalue weighted by Crippen LogP contribution is 2.56. The lowest BCUT2D eigenvalue weighted by Crippen LogP contribution is -2.50. The molecule has 0 aromatic rings. The van der Waals surface area contributed by atoms with Gasteiger partial charge in [0.25, 0.3) is 0 Å². The predicted octanol–water partition coefficient (Wildman–Crippen LogP) is 2.83. The topological polar surface area (TPSA) is 26.0 Å². The van der Waals surface area contributed by atoms with Gasteiger partial charge in [0.05, 0.1) is 0 Å². The highest BCUT2D eigenvalue weighted by molar-refractivity contribution is 5.85. The summed E-state index contributed by atoms with van der Waals surface area (Å²) in [5.41, 5.74) is 6.12. The van der Waals surface area contributed by atoms with E-state index in [0.29, 0.717) is 6.04 Å². The van der Waals surface area contributed by atoms with E-state index in [1.54, 1.807) is 6.42 Å². The Kier molecular flexibility index (Phi) is 2.83. The van der Waals surface area contributed by atoms with Gasteiger partial charge in [0.15, 0.2) is 0 Å². The summed E-state index contributed by atoms with van der Waals surface area (Å²) in [5.74, 6) is 5.09. The standard InChI is InChI=1S/C12H21N.ClH/c1-7(13)12-10-3-8-2-9(5-10)6-11(12)4-8;/h7-12H,2-6,13H2,1H3;1H. The number of rotatable bonds is 1. The summed E-state index contributed by atoms with van der Waals surface area (Å²) >= 11 is 0. The fourth-order valence-electron chi connectivity index (χ4n) is 4.83. The first-order valence-corrected chi connectivity index (χ1v) is 5.99. The van der Waals surface area contributed by atoms with E-state index in [1.807, 2.05) is 0 Å². The molecule has 4 aliphatic carbocycles. The van der Waals surface area contributed by atoms with Gasteiger partial charge in [-0.1, -0.05) is 0 Å². The second-order valence-corrected chi connectivity index (χ2v) is 5.87. The van der Waals surface area contributed by atoms with Crippen molar-refractivity contribution in [2.45, 2.75) is 45.1 Å². The fourth-order valence-corrected chi connectivity index (χ4v) is 4.83. The highest BCUT2D eigenvalue weighted by Gasteiger charge is 2.48. The summed E-state index contributed by atoms with van der Waals surface area (Å²) in [6.45, 7) is 2.23. The molecule has 4 saturated carbocycles. The smallest absolute Gasteiger partial charge is 0.00440 e. The van der Waals surface area contributed by atoms with E-state index in [2.05, 4.69) is 6.92 Å². The van der Waals surface area contributed by atoms with E-state index < -0.39 is 0 Å². The van der Waals surface area contributed by atoms with Gasteiger partial charge in [-0.3, -0.25) is 0 Å². The van der Waals surface area contributed by atoms with Crippen LogP contribution in [0, 0.1) is 29.6 Å². The molecule has 0 spiro atoms. The van der Waals surface area contributed by atoms with Crippen LogP contribution >= 0.6 is 12.4 Å². The Hall–Kier alpha value is 0.250. The molecule has 0 radical (unpaired) electrons. The Morgan fingerprint density at radius 2 is 1.36 bits per heavy atom. The summed E-state index contributed by atoms with van der Waals surface area (Å²) in [6.07, 6.45) is 7.61. The predicted molar refractivity (Wildman–Crippen MR) is 61.4 cm³/mol. The van der Waals surface area contributed by atoms with E-state index in [9.17, 15) is 0 Å². The van der Waals surface area contributed by atoms with Crippen molar-refractivity contribution < 1.29 is 0 Å². The second-order valence-electron chi connectivity index (χ2n) is 5.87. The summed E-state index contributed by atoms with van der Waals surface area (Å²) in [7, 11) is 0. The number of halogens is 1. The minimum absolute atomic E-state index is 0. The van der Waals surface area contributed by atoms with E-state index in [1.165, 1.54) is 25.7 Å². The van der Waals surface area contributed by atoms with Crippen LogP contribution in [0.3, 0.4) is 0 Å². The molecule has 4 aliphatic rings. The van der Waals surface area contributed by atoms with Crippen molar-refractivity contribution in [3.8, 4) is 0 Å². The van der Waals surface area contributed by atoms with Crippen molar-refractivity contribution in [2.24, 2.45) is 35.3 Å². The zero-order valence-corrected chi connectivity index (χ0v) is 9.80. The van der Waals surface area contributed by atoms with Crippen LogP contribution in [0.1, 0.15) is 39.0 Å². The molecule has 0 aliphatic heterocycles. The van der Waals surface area contributed by atoms with Gasteiger partial charge >= 0.3 is 0 Å². The average Bonchev–Trinajstić information content (AvgIpc) is 2.00. The third-order valence-corrected chi connectivity index (χ3v) is 4.91. The van der Waals surface area contributed by atoms with Gasteiger partial charge in [0.2, 0.25) is 0 Å². The Labute approximate surface area is 93.2 Å². The summed E-state index contributed by atoms with van der Waals surface area (Å²) < 4.78 is 0. The molecule has 2 N–H and O–H groups in total. The van der Waals surface area contributed by atoms with Crippen LogP contribution in [0.4, 0.5) is 0 Å². The molecule has 0 amide bonds. The van der Waals surface area contributed by atoms with Gasteiger partial charge in [-0.2, -0.15) is 0 Å². The van der Waals surface area contributed by atoms with Crippen LogP contribution in [0.15, 0.2) is 0 Å². The Balaban J connectivity index is 0.000000750. The zero-order chi connectivity index (χ0) is 9.00. The van der Waals surface area contributed by atoms with Crippen molar-refractivity contribution in [3.05, 3.63) is 0 Å². The van der Waals surface area contributed by atoms with E-state index in [-0.39, 0.29) is 12.4 Å². The van der Waals surface area contributed by atoms with Crippen molar-refractivity contribution in [2.75, 3.05) is 0 Å². The summed E-state index contributed by atoms with van der Waals surface area (Å²) in [5, 5.41) is 0. The minimum Gasteiger partial charge on any atom is -0.328 e. The van der Waals surface area contributed by atoms with Crippen LogP contribution in [-0.4, -0.2) is 6.04 Å². The number of nitrogens with two attached hydrogens (primary N) is 1. The second kappa shape index (κ2) is 3.68. The molecular formula is C12H22ClN. The van der Waals surface area contributed by atoms with Gasteiger partial charge in [0.1, 0.15) is 0 Å². The average molecular weight is 216 g/mol. The third kappa shape index (κ3) is 1.49. The van der Waals surface area contributed by atoms with Crippen LogP contribution in [-0.2, 0) is 0 Å². The monoisotopic (exact) mass is 215 g/mol. The van der Waals surface area contributed by atoms with Crippen molar-refractivity contribution in [1.29, 1.82) is 0 Å². The van der Waals surface area contributed by atoms with Gasteiger partial charge in [0, 0.05) is 6.04 Å². The molecule has 4 rings (SSSR count). The lowest BCUT2D eigenvalue weighted by Gasteiger charge is -2.55. The maximum atomic E-state index is 6.12. The SMILES string of the molecule is CC(N)C1C2CC3CC(C2)CC1C3.Cl. The number of hydrogen-bond acceptors (Lipinski definition) is 1. The first-order valence-electron chi connectivity index (χ1n) is 5.99. The molecule has 1 atom stereocenters. The first kappa shape index (κ1) is 10.8. The van der Waals surface area contributed by atoms with Crippen molar-refractivity contribution >= 4 is 12.4 Å². The summed E-state index contributed by atoms with van der Waals surface area (Å²) in [6, 6.07) is 0.454. The molecule has 0 aromatic heterocycles. The van der Waals surface area contributed by atoms with E-state index in [4.69, 9.17) is 5.73 Å². The molecule has 0 aromatic carbocycles. The maximum absolute atomic E-state index is 6.12. The lowest BCUT2D eigenvalue weighted by atomic mass is 9.51. The molecule has 2 heteroatoms. The largest absolute Gasteiger partial charge is 0.328 e. The minimum atomic E-state index is 0. The molecule has 14 heavy (non-hydrogen) atoms. The molecular weight excluding hydrogens is 194 g/mol. The van der Waals surface area contributed by atoms with E-state index in [0.717, 1.165) is 29.6 Å². The van der Waals surface area contributed by atoms with Crippen LogP contribution in [0.2, 0.25) is 0 Å². The molecule has 1 nitrogen and oxygen atoms in total. The lowest BCUT2D eigenvalue weighted by molar-refractivity contribution is -0.0442.